The Bertz CT molecular complexity index is 4580. The number of halogens is 1. The van der Waals surface area contributed by atoms with E-state index in [0.717, 1.165) is 226 Å². The van der Waals surface area contributed by atoms with E-state index < -0.39 is 0 Å². The van der Waals surface area contributed by atoms with Gasteiger partial charge in [0.1, 0.15) is 36.3 Å². The number of piperidine rings is 15. The molecular weight excluding hydrogens is 1560 g/mol. The van der Waals surface area contributed by atoms with Gasteiger partial charge in [0.15, 0.2) is 0 Å². The van der Waals surface area contributed by atoms with Gasteiger partial charge in [-0.1, -0.05) is 183 Å². The molecule has 648 valence electrons. The Morgan fingerprint density at radius 3 is 0.829 bits per heavy atom. The topological polar surface area (TPSA) is 164 Å². The monoisotopic (exact) mass is 1680 g/mol. The molecule has 5 amide bonds. The number of fused-ring (bicyclic) bond motifs is 15. The molecule has 20 nitrogen and oxygen atoms in total. The number of amides is 5. The standard InChI is InChI=1S/C22H26N2O2.C21H23FN2O2.C21H24N2O2.C19H22N2O2S.C18H26N2O2/c1-17-7-9-20(10-8-17)24(15-18-5-3-2-4-6-18)22(25)26-21-16-23-13-11-19(21)12-14-23;22-18-6-8-19(9-7-18)24(14-16-4-2-1-3-5-16)21(25)26-20-15-23-12-10-17(20)11-13-23;24-21(25-20-16-22-13-11-18(20)12-14-22)23(19-9-5-2-6-10-19)15-17-7-3-1-4-8-17;22-19(23-18-14-20-10-8-15(18)9-11-20)21(13-17-7-4-12-24-17)16-5-2-1-3-6-16;1-2-3-11-20(16-7-5-4-6-8-16)18(21)22-17-14-19-12-9-15(17)10-13-19/h2-10,19,21H,11-16H2,1H3;1-9,17,20H,10-15H2;1-10,18,20H,11-16H2;1-7,12,15,18H,8-11,13-14H2;4-8,15,17H,2-3,9-14H2,1H3/t21-;2*20-;18-;17-/m00000/s1. The smallest absolute Gasteiger partial charge is 0.414 e. The molecule has 24 rings (SSSR count). The minimum Gasteiger partial charge on any atom is -0.444 e. The van der Waals surface area contributed by atoms with Crippen molar-refractivity contribution in [3.8, 4) is 0 Å². The van der Waals surface area contributed by atoms with Crippen LogP contribution in [0.2, 0.25) is 0 Å². The van der Waals surface area contributed by atoms with Crippen LogP contribution in [0.15, 0.2) is 248 Å². The summed E-state index contributed by atoms with van der Waals surface area (Å²) in [4.78, 5) is 86.4. The molecule has 5 atom stereocenters. The highest BCUT2D eigenvalue weighted by molar-refractivity contribution is 7.09. The number of aryl methyl sites for hydroxylation is 1. The number of rotatable bonds is 21. The van der Waals surface area contributed by atoms with Gasteiger partial charge in [0.2, 0.25) is 0 Å². The second-order valence-electron chi connectivity index (χ2n) is 34.5. The van der Waals surface area contributed by atoms with Crippen LogP contribution < -0.4 is 24.5 Å². The SMILES string of the molecule is CCCCN(C(=O)O[C@H]1CN2CCC1CC2)c1ccccc1.Cc1ccc(N(Cc2ccccc2)C(=O)O[C@H]2CN3CCC2CC3)cc1.O=C(O[C@H]1CN2CCC1CC2)N(Cc1ccccc1)c1ccc(F)cc1.O=C(O[C@H]1CN2CCC1CC2)N(Cc1ccccc1)c1ccccc1.O=C(O[C@H]1CN2CCC1CC2)N(Cc1cccs1)c1ccccc1. The largest absolute Gasteiger partial charge is 0.444 e. The predicted molar refractivity (Wildman–Crippen MR) is 485 cm³/mol. The molecule has 0 saturated carbocycles. The first-order chi connectivity index (χ1) is 60.2. The normalized spacial score (nSPS) is 25.0. The van der Waals surface area contributed by atoms with Gasteiger partial charge in [-0.3, -0.25) is 49.0 Å². The molecule has 10 bridgehead atoms. The van der Waals surface area contributed by atoms with E-state index in [9.17, 15) is 28.4 Å². The molecule has 15 aliphatic rings. The summed E-state index contributed by atoms with van der Waals surface area (Å²) in [5, 5.41) is 2.04. The van der Waals surface area contributed by atoms with Crippen LogP contribution in [0, 0.1) is 42.3 Å². The van der Waals surface area contributed by atoms with E-state index in [-0.39, 0.29) is 66.8 Å². The van der Waals surface area contributed by atoms with Crippen molar-refractivity contribution < 1.29 is 52.0 Å². The van der Waals surface area contributed by atoms with Gasteiger partial charge < -0.3 is 23.7 Å². The number of ether oxygens (including phenoxy) is 5. The van der Waals surface area contributed by atoms with Crippen molar-refractivity contribution in [1.29, 1.82) is 0 Å². The minimum atomic E-state index is -0.362. The molecule has 1 aromatic heterocycles. The Hall–Kier alpha value is -10.5. The van der Waals surface area contributed by atoms with Gasteiger partial charge in [0.05, 0.1) is 26.2 Å². The summed E-state index contributed by atoms with van der Waals surface area (Å²) in [6, 6.07) is 77.5. The molecule has 15 fully saturated rings. The molecule has 15 aliphatic heterocycles. The average molecular weight is 1690 g/mol. The third-order valence-electron chi connectivity index (χ3n) is 26.2. The van der Waals surface area contributed by atoms with Crippen molar-refractivity contribution in [1.82, 2.24) is 24.5 Å². The summed E-state index contributed by atoms with van der Waals surface area (Å²) < 4.78 is 43.0. The van der Waals surface area contributed by atoms with E-state index in [4.69, 9.17) is 23.7 Å². The second-order valence-corrected chi connectivity index (χ2v) is 35.5. The van der Waals surface area contributed by atoms with Gasteiger partial charge in [0.25, 0.3) is 0 Å². The van der Waals surface area contributed by atoms with Crippen LogP contribution in [0.3, 0.4) is 0 Å². The van der Waals surface area contributed by atoms with Gasteiger partial charge in [-0.15, -0.1) is 11.3 Å². The third-order valence-corrected chi connectivity index (χ3v) is 27.1. The molecule has 16 heterocycles. The van der Waals surface area contributed by atoms with Crippen molar-refractivity contribution >= 4 is 70.2 Å². The molecule has 0 unspecified atom stereocenters. The third kappa shape index (κ3) is 24.3. The summed E-state index contributed by atoms with van der Waals surface area (Å²) in [5.74, 6) is 2.25. The van der Waals surface area contributed by atoms with Crippen molar-refractivity contribution in [2.45, 2.75) is 148 Å². The maximum Gasteiger partial charge on any atom is 0.414 e. The lowest BCUT2D eigenvalue weighted by Crippen LogP contribution is -2.53. The lowest BCUT2D eigenvalue weighted by atomic mass is 9.86. The maximum absolute atomic E-state index is 13.3. The highest BCUT2D eigenvalue weighted by Gasteiger charge is 2.43. The van der Waals surface area contributed by atoms with Crippen molar-refractivity contribution in [3.63, 3.8) is 0 Å². The summed E-state index contributed by atoms with van der Waals surface area (Å²) in [6.45, 7) is 22.7. The Labute approximate surface area is 730 Å². The molecule has 22 heteroatoms. The second kappa shape index (κ2) is 43.7. The highest BCUT2D eigenvalue weighted by atomic mass is 32.1. The molecule has 0 spiro atoms. The van der Waals surface area contributed by atoms with E-state index in [1.807, 2.05) is 218 Å². The fraction of sp³-hybridized carbons (Fsp3) is 0.436. The molecule has 0 radical (unpaired) electrons. The Balaban J connectivity index is 0.000000119. The van der Waals surface area contributed by atoms with E-state index in [2.05, 4.69) is 44.4 Å². The van der Waals surface area contributed by atoms with Crippen LogP contribution in [0.5, 0.6) is 0 Å². The molecule has 0 N–H and O–H groups in total. The molecule has 9 aromatic rings. The zero-order chi connectivity index (χ0) is 84.6. The first kappa shape index (κ1) is 87.4. The number of nitrogens with zero attached hydrogens (tertiary/aromatic N) is 10. The number of carbonyl (C=O) groups is 5. The lowest BCUT2D eigenvalue weighted by Gasteiger charge is -2.44. The number of hydrogen-bond acceptors (Lipinski definition) is 16. The molecule has 0 aliphatic carbocycles. The van der Waals surface area contributed by atoms with E-state index in [1.165, 1.54) is 17.7 Å². The first-order valence-electron chi connectivity index (χ1n) is 44.9. The minimum absolute atomic E-state index is 0.0220. The summed E-state index contributed by atoms with van der Waals surface area (Å²) in [5.41, 5.74) is 8.59. The van der Waals surface area contributed by atoms with E-state index in [1.54, 1.807) is 48.0 Å². The molecular formula is C101H121FN10O10S. The molecule has 8 aromatic carbocycles. The van der Waals surface area contributed by atoms with Crippen LogP contribution in [0.4, 0.5) is 56.8 Å². The van der Waals surface area contributed by atoms with E-state index in [0.29, 0.717) is 61.5 Å². The number of unbranched alkanes of at least 4 members (excludes halogenated alkanes) is 1. The average Bonchev–Trinajstić information content (AvgIpc) is 1.74. The maximum atomic E-state index is 13.3. The van der Waals surface area contributed by atoms with Gasteiger partial charge in [0, 0.05) is 72.6 Å². The zero-order valence-corrected chi connectivity index (χ0v) is 72.2. The zero-order valence-electron chi connectivity index (χ0n) is 71.4. The van der Waals surface area contributed by atoms with Crippen molar-refractivity contribution in [2.75, 3.05) is 129 Å². The van der Waals surface area contributed by atoms with Gasteiger partial charge >= 0.3 is 30.5 Å². The van der Waals surface area contributed by atoms with Crippen LogP contribution in [0.25, 0.3) is 0 Å². The molecule has 15 saturated heterocycles. The Morgan fingerprint density at radius 2 is 0.569 bits per heavy atom. The number of anilines is 5. The summed E-state index contributed by atoms with van der Waals surface area (Å²) in [7, 11) is 0. The highest BCUT2D eigenvalue weighted by Crippen LogP contribution is 2.37. The Morgan fingerprint density at radius 1 is 0.317 bits per heavy atom. The predicted octanol–water partition coefficient (Wildman–Crippen LogP) is 19.7. The van der Waals surface area contributed by atoms with Crippen LogP contribution >= 0.6 is 11.3 Å². The van der Waals surface area contributed by atoms with Crippen molar-refractivity contribution in [2.24, 2.45) is 29.6 Å². The van der Waals surface area contributed by atoms with Gasteiger partial charge in [-0.2, -0.15) is 0 Å². The fourth-order valence-corrected chi connectivity index (χ4v) is 19.6. The first-order valence-corrected chi connectivity index (χ1v) is 45.8. The quantitative estimate of drug-likeness (QED) is 0.0624. The Kier molecular flexibility index (Phi) is 31.1. The number of benzene rings is 8. The fourth-order valence-electron chi connectivity index (χ4n) is 18.9. The van der Waals surface area contributed by atoms with Crippen molar-refractivity contribution in [3.05, 3.63) is 281 Å². The number of para-hydroxylation sites is 3. The number of thiophene rings is 1. The molecule has 123 heavy (non-hydrogen) atoms. The van der Waals surface area contributed by atoms with Crippen LogP contribution in [0.1, 0.15) is 111 Å². The summed E-state index contributed by atoms with van der Waals surface area (Å²) in [6.07, 6.45) is 12.3. The van der Waals surface area contributed by atoms with E-state index >= 15 is 0 Å². The van der Waals surface area contributed by atoms with Crippen LogP contribution in [-0.4, -0.2) is 190 Å². The number of hydrogen-bond donors (Lipinski definition) is 0. The van der Waals surface area contributed by atoms with Crippen LogP contribution in [-0.2, 0) is 49.9 Å². The van der Waals surface area contributed by atoms with Gasteiger partial charge in [-0.25, -0.2) is 28.4 Å². The number of carbonyl (C=O) groups excluding carboxylic acids is 5. The van der Waals surface area contributed by atoms with Gasteiger partial charge in [-0.05, 0) is 274 Å². The lowest BCUT2D eigenvalue weighted by molar-refractivity contribution is -0.0313. The summed E-state index contributed by atoms with van der Waals surface area (Å²) >= 11 is 1.66.